The summed E-state index contributed by atoms with van der Waals surface area (Å²) in [6.45, 7) is 1.14. The van der Waals surface area contributed by atoms with Gasteiger partial charge >= 0.3 is 0 Å². The summed E-state index contributed by atoms with van der Waals surface area (Å²) in [7, 11) is 1.90. The topological polar surface area (TPSA) is 47.3 Å². The first-order valence-electron chi connectivity index (χ1n) is 6.15. The molecule has 1 aliphatic rings. The molecule has 2 rings (SSSR count). The lowest BCUT2D eigenvalue weighted by Crippen LogP contribution is -2.30. The van der Waals surface area contributed by atoms with Crippen LogP contribution in [0.2, 0.25) is 0 Å². The average molecular weight is 248 g/mol. The lowest BCUT2D eigenvalue weighted by atomic mass is 10.1. The summed E-state index contributed by atoms with van der Waals surface area (Å²) in [6.07, 6.45) is 1.92. The molecule has 0 heterocycles. The van der Waals surface area contributed by atoms with Gasteiger partial charge in [-0.25, -0.2) is 4.39 Å². The average Bonchev–Trinajstić information content (AvgIpc) is 3.15. The van der Waals surface area contributed by atoms with Gasteiger partial charge in [-0.3, -0.25) is 4.90 Å². The molecule has 1 aromatic carbocycles. The summed E-state index contributed by atoms with van der Waals surface area (Å²) in [6, 6.07) is 6.25. The molecular formula is C14H17FN2O. The molecule has 1 N–H and O–H groups in total. The van der Waals surface area contributed by atoms with Crippen molar-refractivity contribution in [2.75, 3.05) is 13.6 Å². The molecule has 0 bridgehead atoms. The Kier molecular flexibility index (Phi) is 3.95. The fourth-order valence-electron chi connectivity index (χ4n) is 2.10. The van der Waals surface area contributed by atoms with Gasteiger partial charge in [-0.1, -0.05) is 6.07 Å². The minimum atomic E-state index is -0.393. The second kappa shape index (κ2) is 5.47. The Morgan fingerprint density at radius 2 is 2.28 bits per heavy atom. The number of aliphatic hydroxyl groups is 1. The predicted molar refractivity (Wildman–Crippen MR) is 66.2 cm³/mol. The summed E-state index contributed by atoms with van der Waals surface area (Å²) in [4.78, 5) is 1.97. The maximum absolute atomic E-state index is 13.0. The Hall–Kier alpha value is -1.44. The Balaban J connectivity index is 1.97. The van der Waals surface area contributed by atoms with Crippen molar-refractivity contribution < 1.29 is 9.50 Å². The van der Waals surface area contributed by atoms with Gasteiger partial charge in [0.15, 0.2) is 0 Å². The second-order valence-electron chi connectivity index (χ2n) is 5.01. The van der Waals surface area contributed by atoms with Gasteiger partial charge in [0.25, 0.3) is 0 Å². The quantitative estimate of drug-likeness (QED) is 0.865. The molecule has 0 amide bonds. The van der Waals surface area contributed by atoms with Crippen LogP contribution in [0.5, 0.6) is 0 Å². The highest BCUT2D eigenvalue weighted by atomic mass is 19.1. The van der Waals surface area contributed by atoms with E-state index < -0.39 is 5.82 Å². The van der Waals surface area contributed by atoms with E-state index in [1.165, 1.54) is 12.1 Å². The van der Waals surface area contributed by atoms with E-state index in [1.807, 2.05) is 18.0 Å². The minimum absolute atomic E-state index is 0.291. The summed E-state index contributed by atoms with van der Waals surface area (Å²) in [5.74, 6) is 0.0482. The number of likely N-dealkylation sites (N-methyl/N-ethyl adjacent to an activating group) is 1. The molecule has 0 aliphatic heterocycles. The van der Waals surface area contributed by atoms with Crippen LogP contribution in [-0.4, -0.2) is 29.7 Å². The number of nitrogens with zero attached hydrogens (tertiary/aromatic N) is 2. The fourth-order valence-corrected chi connectivity index (χ4v) is 2.10. The molecule has 0 aromatic heterocycles. The van der Waals surface area contributed by atoms with Gasteiger partial charge in [0, 0.05) is 13.1 Å². The fraction of sp³-hybridized carbons (Fsp3) is 0.500. The van der Waals surface area contributed by atoms with Crippen LogP contribution in [0.4, 0.5) is 4.39 Å². The van der Waals surface area contributed by atoms with Crippen molar-refractivity contribution in [3.05, 3.63) is 35.1 Å². The first kappa shape index (κ1) is 13.0. The Morgan fingerprint density at radius 1 is 1.56 bits per heavy atom. The van der Waals surface area contributed by atoms with Crippen molar-refractivity contribution >= 4 is 0 Å². The third kappa shape index (κ3) is 3.28. The van der Waals surface area contributed by atoms with Crippen molar-refractivity contribution in [1.82, 2.24) is 4.90 Å². The van der Waals surface area contributed by atoms with Crippen molar-refractivity contribution in [1.29, 1.82) is 5.26 Å². The SMILES string of the molecule is CN(Cc1ccc(F)cc1C#N)CC(O)C1CC1. The van der Waals surface area contributed by atoms with E-state index in [9.17, 15) is 9.50 Å². The zero-order valence-electron chi connectivity index (χ0n) is 10.4. The molecule has 96 valence electrons. The van der Waals surface area contributed by atoms with Crippen molar-refractivity contribution in [2.45, 2.75) is 25.5 Å². The van der Waals surface area contributed by atoms with E-state index in [0.717, 1.165) is 18.4 Å². The molecule has 1 fully saturated rings. The van der Waals surface area contributed by atoms with Crippen LogP contribution in [0.25, 0.3) is 0 Å². The molecule has 1 atom stereocenters. The highest BCUT2D eigenvalue weighted by Crippen LogP contribution is 2.32. The second-order valence-corrected chi connectivity index (χ2v) is 5.01. The van der Waals surface area contributed by atoms with Gasteiger partial charge in [-0.15, -0.1) is 0 Å². The van der Waals surface area contributed by atoms with Crippen LogP contribution >= 0.6 is 0 Å². The van der Waals surface area contributed by atoms with Crippen LogP contribution < -0.4 is 0 Å². The molecule has 1 aliphatic carbocycles. The van der Waals surface area contributed by atoms with E-state index >= 15 is 0 Å². The minimum Gasteiger partial charge on any atom is -0.392 e. The molecule has 1 unspecified atom stereocenters. The third-order valence-electron chi connectivity index (χ3n) is 3.30. The number of hydrogen-bond acceptors (Lipinski definition) is 3. The molecule has 18 heavy (non-hydrogen) atoms. The highest BCUT2D eigenvalue weighted by molar-refractivity contribution is 5.37. The number of aliphatic hydroxyl groups excluding tert-OH is 1. The molecular weight excluding hydrogens is 231 g/mol. The largest absolute Gasteiger partial charge is 0.392 e. The molecule has 3 nitrogen and oxygen atoms in total. The van der Waals surface area contributed by atoms with Crippen molar-refractivity contribution in [3.63, 3.8) is 0 Å². The zero-order valence-corrected chi connectivity index (χ0v) is 10.4. The predicted octanol–water partition coefficient (Wildman–Crippen LogP) is 1.90. The molecule has 1 aromatic rings. The molecule has 0 radical (unpaired) electrons. The van der Waals surface area contributed by atoms with E-state index in [0.29, 0.717) is 24.6 Å². The van der Waals surface area contributed by atoms with Gasteiger partial charge in [-0.05, 0) is 43.5 Å². The van der Waals surface area contributed by atoms with Gasteiger partial charge in [0.05, 0.1) is 17.7 Å². The van der Waals surface area contributed by atoms with E-state index in [2.05, 4.69) is 0 Å². The highest BCUT2D eigenvalue weighted by Gasteiger charge is 2.30. The van der Waals surface area contributed by atoms with Crippen molar-refractivity contribution in [3.8, 4) is 6.07 Å². The summed E-state index contributed by atoms with van der Waals surface area (Å²) in [5.41, 5.74) is 1.16. The van der Waals surface area contributed by atoms with E-state index in [4.69, 9.17) is 5.26 Å². The number of nitriles is 1. The smallest absolute Gasteiger partial charge is 0.124 e. The monoisotopic (exact) mass is 248 g/mol. The van der Waals surface area contributed by atoms with Crippen LogP contribution in [0.3, 0.4) is 0 Å². The van der Waals surface area contributed by atoms with Crippen LogP contribution in [0, 0.1) is 23.1 Å². The molecule has 4 heteroatoms. The van der Waals surface area contributed by atoms with Gasteiger partial charge < -0.3 is 5.11 Å². The number of rotatable bonds is 5. The van der Waals surface area contributed by atoms with Crippen LogP contribution in [0.1, 0.15) is 24.0 Å². The Labute approximate surface area is 106 Å². The Morgan fingerprint density at radius 3 is 2.89 bits per heavy atom. The van der Waals surface area contributed by atoms with Crippen LogP contribution in [0.15, 0.2) is 18.2 Å². The summed E-state index contributed by atoms with van der Waals surface area (Å²) in [5, 5.41) is 18.8. The molecule has 0 saturated heterocycles. The van der Waals surface area contributed by atoms with Crippen LogP contribution in [-0.2, 0) is 6.54 Å². The number of benzene rings is 1. The standard InChI is InChI=1S/C14H17FN2O/c1-17(9-14(18)10-2-3-10)8-11-4-5-13(15)6-12(11)7-16/h4-6,10,14,18H,2-3,8-9H2,1H3. The number of halogens is 1. The van der Waals surface area contributed by atoms with Crippen molar-refractivity contribution in [2.24, 2.45) is 5.92 Å². The lowest BCUT2D eigenvalue weighted by molar-refractivity contribution is 0.104. The summed E-state index contributed by atoms with van der Waals surface area (Å²) < 4.78 is 13.0. The summed E-state index contributed by atoms with van der Waals surface area (Å²) >= 11 is 0. The normalized spacial score (nSPS) is 16.6. The lowest BCUT2D eigenvalue weighted by Gasteiger charge is -2.20. The first-order chi connectivity index (χ1) is 8.60. The van der Waals surface area contributed by atoms with Gasteiger partial charge in [0.2, 0.25) is 0 Å². The molecule has 0 spiro atoms. The number of hydrogen-bond donors (Lipinski definition) is 1. The Bertz CT molecular complexity index is 465. The maximum Gasteiger partial charge on any atom is 0.124 e. The van der Waals surface area contributed by atoms with Gasteiger partial charge in [0.1, 0.15) is 5.82 Å². The molecule has 1 saturated carbocycles. The van der Waals surface area contributed by atoms with E-state index in [-0.39, 0.29) is 6.10 Å². The maximum atomic E-state index is 13.0. The van der Waals surface area contributed by atoms with Gasteiger partial charge in [-0.2, -0.15) is 5.26 Å². The van der Waals surface area contributed by atoms with E-state index in [1.54, 1.807) is 6.07 Å². The zero-order chi connectivity index (χ0) is 13.1. The third-order valence-corrected chi connectivity index (χ3v) is 3.30. The first-order valence-corrected chi connectivity index (χ1v) is 6.15.